The summed E-state index contributed by atoms with van der Waals surface area (Å²) in [4.78, 5) is 14.2. The highest BCUT2D eigenvalue weighted by atomic mass is 32.2. The molecule has 1 N–H and O–H groups in total. The zero-order valence-electron chi connectivity index (χ0n) is 22.9. The third-order valence-corrected chi connectivity index (χ3v) is 9.92. The van der Waals surface area contributed by atoms with E-state index in [-0.39, 0.29) is 24.2 Å². The number of likely N-dealkylation sites (tertiary alicyclic amines) is 1. The van der Waals surface area contributed by atoms with Gasteiger partial charge in [-0.3, -0.25) is 9.88 Å². The number of benzene rings is 1. The number of pyridine rings is 2. The average Bonchev–Trinajstić information content (AvgIpc) is 3.46. The van der Waals surface area contributed by atoms with E-state index in [1.807, 2.05) is 23.4 Å². The maximum atomic E-state index is 13.4. The third-order valence-electron chi connectivity index (χ3n) is 8.11. The fraction of sp³-hybridized carbons (Fsp3) is 0.448. The minimum atomic E-state index is -4.75. The molecule has 0 spiro atoms. The Hall–Kier alpha value is -3.42. The molecular formula is C29H32F3N5O4S. The number of piperidine rings is 2. The van der Waals surface area contributed by atoms with Crippen LogP contribution in [0.3, 0.4) is 0 Å². The fourth-order valence-corrected chi connectivity index (χ4v) is 7.80. The van der Waals surface area contributed by atoms with Crippen molar-refractivity contribution in [1.82, 2.24) is 24.2 Å². The Morgan fingerprint density at radius 1 is 0.976 bits per heavy atom. The highest BCUT2D eigenvalue weighted by molar-refractivity contribution is 7.89. The lowest BCUT2D eigenvalue weighted by Gasteiger charge is -2.36. The number of nitrogens with zero attached hydrogens (tertiary/aromatic N) is 4. The summed E-state index contributed by atoms with van der Waals surface area (Å²) >= 11 is 0. The minimum absolute atomic E-state index is 0.00917. The summed E-state index contributed by atoms with van der Waals surface area (Å²) in [6.45, 7) is 2.48. The molecule has 42 heavy (non-hydrogen) atoms. The summed E-state index contributed by atoms with van der Waals surface area (Å²) in [6.07, 6.45) is 3.99. The van der Waals surface area contributed by atoms with Crippen molar-refractivity contribution in [2.75, 3.05) is 38.7 Å². The van der Waals surface area contributed by atoms with Crippen molar-refractivity contribution in [1.29, 1.82) is 0 Å². The zero-order chi connectivity index (χ0) is 29.3. The van der Waals surface area contributed by atoms with Crippen LogP contribution in [0.25, 0.3) is 21.9 Å². The first-order chi connectivity index (χ1) is 20.1. The van der Waals surface area contributed by atoms with Crippen LogP contribution in [-0.2, 0) is 10.0 Å². The van der Waals surface area contributed by atoms with E-state index in [1.54, 1.807) is 10.5 Å². The van der Waals surface area contributed by atoms with E-state index >= 15 is 0 Å². The van der Waals surface area contributed by atoms with Gasteiger partial charge in [0.15, 0.2) is 0 Å². The van der Waals surface area contributed by atoms with Gasteiger partial charge in [0.05, 0.1) is 18.3 Å². The zero-order valence-corrected chi connectivity index (χ0v) is 23.7. The SMILES string of the molecule is O=S(=O)(CN1CCC(c2ccnc3cnc4[nH]ccc4c23)CC1)N1CCCC(COc2ccc(OC(F)(F)F)cc2)C1. The fourth-order valence-electron chi connectivity index (χ4n) is 6.07. The first-order valence-corrected chi connectivity index (χ1v) is 15.6. The van der Waals surface area contributed by atoms with Gasteiger partial charge in [0.25, 0.3) is 0 Å². The van der Waals surface area contributed by atoms with Crippen LogP contribution in [0.4, 0.5) is 13.2 Å². The van der Waals surface area contributed by atoms with Gasteiger partial charge in [-0.25, -0.2) is 17.7 Å². The first kappa shape index (κ1) is 28.7. The second-order valence-corrected chi connectivity index (χ2v) is 12.9. The van der Waals surface area contributed by atoms with Crippen molar-refractivity contribution in [3.05, 3.63) is 60.6 Å². The molecule has 0 aliphatic carbocycles. The topological polar surface area (TPSA) is 101 Å². The van der Waals surface area contributed by atoms with Gasteiger partial charge < -0.3 is 14.5 Å². The van der Waals surface area contributed by atoms with Crippen molar-refractivity contribution in [3.8, 4) is 11.5 Å². The van der Waals surface area contributed by atoms with Crippen LogP contribution >= 0.6 is 0 Å². The number of rotatable bonds is 8. The lowest BCUT2D eigenvalue weighted by molar-refractivity contribution is -0.274. The lowest BCUT2D eigenvalue weighted by atomic mass is 9.87. The van der Waals surface area contributed by atoms with E-state index < -0.39 is 16.4 Å². The quantitative estimate of drug-likeness (QED) is 0.293. The molecule has 1 aromatic carbocycles. The Bertz CT molecular complexity index is 1640. The number of halogens is 3. The monoisotopic (exact) mass is 603 g/mol. The number of hydrogen-bond donors (Lipinski definition) is 1. The second-order valence-electron chi connectivity index (χ2n) is 11.0. The number of aromatic amines is 1. The van der Waals surface area contributed by atoms with E-state index in [0.29, 0.717) is 37.8 Å². The van der Waals surface area contributed by atoms with Gasteiger partial charge in [-0.05, 0) is 86.7 Å². The predicted octanol–water partition coefficient (Wildman–Crippen LogP) is 5.27. The van der Waals surface area contributed by atoms with Crippen LogP contribution in [-0.4, -0.2) is 77.6 Å². The summed E-state index contributed by atoms with van der Waals surface area (Å²) in [7, 11) is -3.50. The molecule has 1 unspecified atom stereocenters. The standard InChI is InChI=1S/C29H32F3N5O4S/c30-29(31,32)41-23-5-3-22(4-6-23)40-18-20-2-1-13-37(17-20)42(38,39)19-36-14-9-21(10-15-36)24-7-11-33-26-16-35-28-25(27(24)26)8-12-34-28/h3-8,11-12,16,20-21H,1-2,9-10,13-15,17-19H2,(H,34,35). The van der Waals surface area contributed by atoms with Crippen molar-refractivity contribution in [2.45, 2.75) is 38.0 Å². The highest BCUT2D eigenvalue weighted by Gasteiger charge is 2.33. The molecule has 4 aromatic rings. The third kappa shape index (κ3) is 6.47. The van der Waals surface area contributed by atoms with Gasteiger partial charge in [0.2, 0.25) is 10.0 Å². The van der Waals surface area contributed by atoms with Crippen molar-refractivity contribution < 1.29 is 31.1 Å². The predicted molar refractivity (Wildman–Crippen MR) is 152 cm³/mol. The number of nitrogens with one attached hydrogen (secondary N) is 1. The van der Waals surface area contributed by atoms with E-state index in [1.165, 1.54) is 29.8 Å². The second kappa shape index (κ2) is 11.7. The molecule has 3 aromatic heterocycles. The molecule has 1 atom stereocenters. The molecule has 2 fully saturated rings. The van der Waals surface area contributed by atoms with E-state index in [2.05, 4.69) is 25.8 Å². The summed E-state index contributed by atoms with van der Waals surface area (Å²) in [6, 6.07) is 9.31. The van der Waals surface area contributed by atoms with Crippen molar-refractivity contribution in [2.24, 2.45) is 5.92 Å². The Labute approximate surface area is 241 Å². The Kier molecular flexibility index (Phi) is 7.99. The van der Waals surface area contributed by atoms with Crippen LogP contribution in [0.15, 0.2) is 55.0 Å². The summed E-state index contributed by atoms with van der Waals surface area (Å²) < 4.78 is 75.1. The number of fused-ring (bicyclic) bond motifs is 3. The van der Waals surface area contributed by atoms with E-state index in [4.69, 9.17) is 4.74 Å². The normalized spacial score (nSPS) is 19.8. The average molecular weight is 604 g/mol. The van der Waals surface area contributed by atoms with Gasteiger partial charge in [-0.2, -0.15) is 0 Å². The van der Waals surface area contributed by atoms with E-state index in [0.717, 1.165) is 47.6 Å². The molecule has 2 aliphatic rings. The summed E-state index contributed by atoms with van der Waals surface area (Å²) in [5.74, 6) is 0.364. The van der Waals surface area contributed by atoms with Crippen LogP contribution in [0.2, 0.25) is 0 Å². The molecule has 0 amide bonds. The molecule has 13 heteroatoms. The first-order valence-electron chi connectivity index (χ1n) is 14.0. The maximum Gasteiger partial charge on any atom is 0.573 e. The molecule has 0 saturated carbocycles. The van der Waals surface area contributed by atoms with Crippen LogP contribution in [0.5, 0.6) is 11.5 Å². The molecular weight excluding hydrogens is 571 g/mol. The van der Waals surface area contributed by atoms with Gasteiger partial charge in [0, 0.05) is 42.2 Å². The van der Waals surface area contributed by atoms with Gasteiger partial charge in [-0.15, -0.1) is 13.2 Å². The molecule has 5 heterocycles. The van der Waals surface area contributed by atoms with Crippen molar-refractivity contribution in [3.63, 3.8) is 0 Å². The molecule has 9 nitrogen and oxygen atoms in total. The van der Waals surface area contributed by atoms with Crippen LogP contribution in [0, 0.1) is 5.92 Å². The van der Waals surface area contributed by atoms with Gasteiger partial charge in [-0.1, -0.05) is 0 Å². The lowest BCUT2D eigenvalue weighted by Crippen LogP contribution is -2.47. The largest absolute Gasteiger partial charge is 0.573 e. The van der Waals surface area contributed by atoms with Crippen LogP contribution < -0.4 is 9.47 Å². The summed E-state index contributed by atoms with van der Waals surface area (Å²) in [5, 5.41) is 2.17. The van der Waals surface area contributed by atoms with E-state index in [9.17, 15) is 21.6 Å². The molecule has 224 valence electrons. The molecule has 2 saturated heterocycles. The van der Waals surface area contributed by atoms with Gasteiger partial charge >= 0.3 is 6.36 Å². The Morgan fingerprint density at radius 3 is 2.50 bits per heavy atom. The number of sulfonamides is 1. The Balaban J connectivity index is 1.03. The minimum Gasteiger partial charge on any atom is -0.493 e. The Morgan fingerprint density at radius 2 is 1.74 bits per heavy atom. The molecule has 0 bridgehead atoms. The van der Waals surface area contributed by atoms with Gasteiger partial charge in [0.1, 0.15) is 23.0 Å². The number of H-pyrrole nitrogens is 1. The highest BCUT2D eigenvalue weighted by Crippen LogP contribution is 2.35. The number of ether oxygens (including phenoxy) is 2. The number of aromatic nitrogens is 3. The molecule has 6 rings (SSSR count). The van der Waals surface area contributed by atoms with Crippen LogP contribution in [0.1, 0.15) is 37.2 Å². The molecule has 0 radical (unpaired) electrons. The summed E-state index contributed by atoms with van der Waals surface area (Å²) in [5.41, 5.74) is 2.93. The molecule has 2 aliphatic heterocycles. The number of alkyl halides is 3. The maximum absolute atomic E-state index is 13.4. The van der Waals surface area contributed by atoms with Crippen molar-refractivity contribution >= 4 is 32.0 Å². The smallest absolute Gasteiger partial charge is 0.493 e. The number of hydrogen-bond acceptors (Lipinski definition) is 7.